The molecule has 0 saturated carbocycles. The first-order valence-electron chi connectivity index (χ1n) is 9.88. The van der Waals surface area contributed by atoms with E-state index in [-0.39, 0.29) is 0 Å². The summed E-state index contributed by atoms with van der Waals surface area (Å²) >= 11 is 0. The van der Waals surface area contributed by atoms with Gasteiger partial charge in [-0.15, -0.1) is 0 Å². The van der Waals surface area contributed by atoms with Crippen molar-refractivity contribution in [3.63, 3.8) is 0 Å². The number of hydrogen-bond acceptors (Lipinski definition) is 6. The van der Waals surface area contributed by atoms with E-state index in [1.54, 1.807) is 0 Å². The number of likely N-dealkylation sites (tertiary alicyclic amines) is 1. The molecular formula is C20H27N5O. The molecule has 2 aromatic rings. The van der Waals surface area contributed by atoms with Crippen LogP contribution < -0.4 is 4.90 Å². The molecule has 6 heteroatoms. The predicted molar refractivity (Wildman–Crippen MR) is 103 cm³/mol. The minimum atomic E-state index is 0.770. The number of aromatic nitrogens is 2. The Morgan fingerprint density at radius 2 is 1.96 bits per heavy atom. The van der Waals surface area contributed by atoms with Gasteiger partial charge in [0.05, 0.1) is 5.69 Å². The lowest BCUT2D eigenvalue weighted by Crippen LogP contribution is -2.51. The average Bonchev–Trinajstić information content (AvgIpc) is 3.28. The fourth-order valence-corrected chi connectivity index (χ4v) is 4.61. The number of nitrogens with zero attached hydrogens (tertiary/aromatic N) is 5. The van der Waals surface area contributed by atoms with Gasteiger partial charge >= 0.3 is 0 Å². The van der Waals surface area contributed by atoms with Gasteiger partial charge in [0.1, 0.15) is 5.52 Å². The predicted octanol–water partition coefficient (Wildman–Crippen LogP) is 2.47. The Kier molecular flexibility index (Phi) is 4.17. The van der Waals surface area contributed by atoms with Crippen molar-refractivity contribution in [1.82, 2.24) is 20.1 Å². The first-order valence-corrected chi connectivity index (χ1v) is 9.88. The monoisotopic (exact) mass is 353 g/mol. The third kappa shape index (κ3) is 3.01. The van der Waals surface area contributed by atoms with E-state index < -0.39 is 0 Å². The molecule has 1 aromatic heterocycles. The number of benzene rings is 1. The van der Waals surface area contributed by atoms with Crippen molar-refractivity contribution in [3.05, 3.63) is 23.8 Å². The molecular weight excluding hydrogens is 326 g/mol. The van der Waals surface area contributed by atoms with E-state index in [1.807, 2.05) is 0 Å². The largest absolute Gasteiger partial charge is 0.369 e. The average molecular weight is 353 g/mol. The Morgan fingerprint density at radius 1 is 1.12 bits per heavy atom. The summed E-state index contributed by atoms with van der Waals surface area (Å²) in [5.74, 6) is 0.770. The molecule has 138 valence electrons. The molecule has 2 saturated heterocycles. The van der Waals surface area contributed by atoms with Crippen LogP contribution in [0.3, 0.4) is 0 Å². The molecule has 6 nitrogen and oxygen atoms in total. The van der Waals surface area contributed by atoms with Gasteiger partial charge in [0.25, 0.3) is 0 Å². The molecule has 5 rings (SSSR count). The van der Waals surface area contributed by atoms with Crippen molar-refractivity contribution >= 4 is 22.3 Å². The second kappa shape index (κ2) is 6.67. The summed E-state index contributed by atoms with van der Waals surface area (Å²) in [7, 11) is 2.18. The van der Waals surface area contributed by atoms with Crippen LogP contribution in [-0.2, 0) is 0 Å². The number of hydrogen-bond donors (Lipinski definition) is 0. The number of fused-ring (bicyclic) bond motifs is 1. The smallest absolute Gasteiger partial charge is 0.158 e. The van der Waals surface area contributed by atoms with Crippen molar-refractivity contribution in [1.29, 1.82) is 0 Å². The Balaban J connectivity index is 1.37. The van der Waals surface area contributed by atoms with E-state index in [4.69, 9.17) is 4.63 Å². The summed E-state index contributed by atoms with van der Waals surface area (Å²) in [5.41, 5.74) is 5.61. The highest BCUT2D eigenvalue weighted by Gasteiger charge is 2.31. The van der Waals surface area contributed by atoms with Crippen LogP contribution >= 0.6 is 0 Å². The molecule has 0 N–H and O–H groups in total. The number of likely N-dealkylation sites (N-methyl/N-ethyl adjacent to an activating group) is 1. The van der Waals surface area contributed by atoms with E-state index >= 15 is 0 Å². The van der Waals surface area contributed by atoms with E-state index in [0.717, 1.165) is 49.6 Å². The Bertz CT molecular complexity index is 817. The fourth-order valence-electron chi connectivity index (χ4n) is 4.61. The molecule has 0 aliphatic carbocycles. The summed E-state index contributed by atoms with van der Waals surface area (Å²) in [6.07, 6.45) is 6.21. The first kappa shape index (κ1) is 16.3. The maximum Gasteiger partial charge on any atom is 0.158 e. The fraction of sp³-hybridized carbons (Fsp3) is 0.600. The minimum Gasteiger partial charge on any atom is -0.369 e. The highest BCUT2D eigenvalue weighted by atomic mass is 16.6. The molecule has 4 heterocycles. The zero-order chi connectivity index (χ0) is 17.5. The number of anilines is 1. The van der Waals surface area contributed by atoms with Crippen LogP contribution in [0, 0.1) is 5.92 Å². The molecule has 1 aromatic carbocycles. The molecule has 0 radical (unpaired) electrons. The molecule has 0 atom stereocenters. The lowest BCUT2D eigenvalue weighted by atomic mass is 9.95. The van der Waals surface area contributed by atoms with Gasteiger partial charge in [-0.1, -0.05) is 6.08 Å². The third-order valence-corrected chi connectivity index (χ3v) is 6.07. The summed E-state index contributed by atoms with van der Waals surface area (Å²) < 4.78 is 5.06. The lowest BCUT2D eigenvalue weighted by Gasteiger charge is -2.42. The zero-order valence-electron chi connectivity index (χ0n) is 15.5. The molecule has 0 bridgehead atoms. The standard InChI is InChI=1S/C20H27N5O/c1-23-6-4-5-16(14-23)17-9-18-20(22-26-21-18)19(10-17)25-12-15(13-25)11-24-7-2-3-8-24/h5,9-10,15H,2-4,6-8,11-14H2,1H3. The summed E-state index contributed by atoms with van der Waals surface area (Å²) in [6, 6.07) is 4.42. The second-order valence-electron chi connectivity index (χ2n) is 8.16. The molecule has 0 amide bonds. The zero-order valence-corrected chi connectivity index (χ0v) is 15.5. The maximum atomic E-state index is 5.06. The molecule has 0 spiro atoms. The first-order chi connectivity index (χ1) is 12.8. The van der Waals surface area contributed by atoms with Gasteiger partial charge in [0.15, 0.2) is 5.52 Å². The van der Waals surface area contributed by atoms with Crippen LogP contribution in [0.4, 0.5) is 5.69 Å². The van der Waals surface area contributed by atoms with Gasteiger partial charge in [-0.3, -0.25) is 0 Å². The Morgan fingerprint density at radius 3 is 2.77 bits per heavy atom. The quantitative estimate of drug-likeness (QED) is 0.842. The van der Waals surface area contributed by atoms with E-state index in [0.29, 0.717) is 0 Å². The van der Waals surface area contributed by atoms with Crippen molar-refractivity contribution in [3.8, 4) is 0 Å². The van der Waals surface area contributed by atoms with Crippen LogP contribution in [-0.4, -0.2) is 73.0 Å². The van der Waals surface area contributed by atoms with Crippen molar-refractivity contribution in [2.75, 3.05) is 57.8 Å². The van der Waals surface area contributed by atoms with Gasteiger partial charge in [0, 0.05) is 38.6 Å². The Labute approximate surface area is 154 Å². The number of rotatable bonds is 4. The molecule has 3 aliphatic heterocycles. The molecule has 3 aliphatic rings. The van der Waals surface area contributed by atoms with Crippen molar-refractivity contribution in [2.45, 2.75) is 19.3 Å². The highest BCUT2D eigenvalue weighted by molar-refractivity contribution is 5.92. The summed E-state index contributed by atoms with van der Waals surface area (Å²) in [6.45, 7) is 8.16. The topological polar surface area (TPSA) is 48.6 Å². The van der Waals surface area contributed by atoms with Crippen molar-refractivity contribution < 1.29 is 4.63 Å². The van der Waals surface area contributed by atoms with E-state index in [2.05, 4.69) is 50.3 Å². The van der Waals surface area contributed by atoms with Crippen LogP contribution in [0.25, 0.3) is 16.6 Å². The SMILES string of the molecule is CN1CCC=C(c2cc(N3CC(CN4CCCC4)C3)c3nonc3c2)C1. The van der Waals surface area contributed by atoms with E-state index in [9.17, 15) is 0 Å². The normalized spacial score (nSPS) is 22.8. The summed E-state index contributed by atoms with van der Waals surface area (Å²) in [5, 5.41) is 8.32. The van der Waals surface area contributed by atoms with Gasteiger partial charge < -0.3 is 14.7 Å². The third-order valence-electron chi connectivity index (χ3n) is 6.07. The molecule has 26 heavy (non-hydrogen) atoms. The van der Waals surface area contributed by atoms with Crippen LogP contribution in [0.15, 0.2) is 22.8 Å². The van der Waals surface area contributed by atoms with Gasteiger partial charge in [0.2, 0.25) is 0 Å². The summed E-state index contributed by atoms with van der Waals surface area (Å²) in [4.78, 5) is 7.44. The molecule has 2 fully saturated rings. The second-order valence-corrected chi connectivity index (χ2v) is 8.16. The van der Waals surface area contributed by atoms with Crippen LogP contribution in [0.5, 0.6) is 0 Å². The van der Waals surface area contributed by atoms with Crippen LogP contribution in [0.1, 0.15) is 24.8 Å². The Hall–Kier alpha value is -1.92. The maximum absolute atomic E-state index is 5.06. The van der Waals surface area contributed by atoms with E-state index in [1.165, 1.54) is 49.3 Å². The van der Waals surface area contributed by atoms with Crippen LogP contribution in [0.2, 0.25) is 0 Å². The van der Waals surface area contributed by atoms with Crippen molar-refractivity contribution in [2.24, 2.45) is 5.92 Å². The van der Waals surface area contributed by atoms with Gasteiger partial charge in [-0.25, -0.2) is 4.63 Å². The van der Waals surface area contributed by atoms with Gasteiger partial charge in [-0.05, 0) is 73.0 Å². The highest BCUT2D eigenvalue weighted by Crippen LogP contribution is 2.34. The molecule has 0 unspecified atom stereocenters. The van der Waals surface area contributed by atoms with Gasteiger partial charge in [-0.2, -0.15) is 0 Å². The minimum absolute atomic E-state index is 0.770. The lowest BCUT2D eigenvalue weighted by molar-refractivity contribution is 0.247.